The van der Waals surface area contributed by atoms with Gasteiger partial charge in [-0.25, -0.2) is 0 Å². The molecule has 2 heterocycles. The monoisotopic (exact) mass is 370 g/mol. The molecular formula is C14H18N4O8. The Morgan fingerprint density at radius 3 is 1.73 bits per heavy atom. The van der Waals surface area contributed by atoms with Gasteiger partial charge >= 0.3 is 11.4 Å². The summed E-state index contributed by atoms with van der Waals surface area (Å²) < 4.78 is 0. The second-order valence-electron chi connectivity index (χ2n) is 6.28. The number of rotatable bonds is 3. The standard InChI is InChI=1S/C8H15NO.C6H3N3O7/c1-9-6-2-3-7(9)5-8(10)4-6;10-6-4(8(13)14)1-3(7(11)12)2-5(6)9(15)16/h6-8,10H,2-5H2,1H3;1-2,10H/t6-,7+,8?;. The van der Waals surface area contributed by atoms with Gasteiger partial charge in [-0.15, -0.1) is 0 Å². The number of nitro groups is 3. The summed E-state index contributed by atoms with van der Waals surface area (Å²) in [6.07, 6.45) is 4.62. The van der Waals surface area contributed by atoms with Crippen molar-refractivity contribution >= 4 is 17.1 Å². The summed E-state index contributed by atoms with van der Waals surface area (Å²) in [4.78, 5) is 30.2. The first-order valence-electron chi connectivity index (χ1n) is 7.82. The predicted molar refractivity (Wildman–Crippen MR) is 87.9 cm³/mol. The number of phenols is 1. The summed E-state index contributed by atoms with van der Waals surface area (Å²) in [7, 11) is 2.19. The first-order chi connectivity index (χ1) is 12.1. The van der Waals surface area contributed by atoms with Gasteiger partial charge in [0.15, 0.2) is 0 Å². The highest BCUT2D eigenvalue weighted by Gasteiger charge is 2.37. The molecule has 2 aliphatic rings. The van der Waals surface area contributed by atoms with Crippen LogP contribution in [0.4, 0.5) is 17.1 Å². The Bertz CT molecular complexity index is 691. The molecule has 2 bridgehead atoms. The summed E-state index contributed by atoms with van der Waals surface area (Å²) in [5, 5.41) is 49.6. The van der Waals surface area contributed by atoms with Gasteiger partial charge in [-0.1, -0.05) is 0 Å². The predicted octanol–water partition coefficient (Wildman–Crippen LogP) is 1.72. The van der Waals surface area contributed by atoms with E-state index in [1.807, 2.05) is 0 Å². The van der Waals surface area contributed by atoms with Crippen LogP contribution in [0.15, 0.2) is 12.1 Å². The number of fused-ring (bicyclic) bond motifs is 2. The molecular weight excluding hydrogens is 352 g/mol. The number of piperidine rings is 1. The molecule has 1 unspecified atom stereocenters. The number of aromatic hydroxyl groups is 1. The summed E-state index contributed by atoms with van der Waals surface area (Å²) in [6.45, 7) is 0. The molecule has 142 valence electrons. The van der Waals surface area contributed by atoms with Crippen molar-refractivity contribution in [1.29, 1.82) is 0 Å². The molecule has 0 amide bonds. The van der Waals surface area contributed by atoms with Crippen LogP contribution in [-0.2, 0) is 0 Å². The molecule has 2 aliphatic heterocycles. The summed E-state index contributed by atoms with van der Waals surface area (Å²) in [5.41, 5.74) is -3.00. The van der Waals surface area contributed by atoms with E-state index >= 15 is 0 Å². The molecule has 3 rings (SSSR count). The number of benzene rings is 1. The molecule has 0 saturated carbocycles. The lowest BCUT2D eigenvalue weighted by molar-refractivity contribution is -0.404. The number of nitrogens with zero attached hydrogens (tertiary/aromatic N) is 4. The minimum atomic E-state index is -1.21. The van der Waals surface area contributed by atoms with Gasteiger partial charge in [-0.2, -0.15) is 0 Å². The van der Waals surface area contributed by atoms with Crippen molar-refractivity contribution in [2.75, 3.05) is 7.05 Å². The molecule has 1 aromatic rings. The number of aliphatic hydroxyl groups is 1. The molecule has 0 aliphatic carbocycles. The van der Waals surface area contributed by atoms with Crippen LogP contribution >= 0.6 is 0 Å². The van der Waals surface area contributed by atoms with Crippen molar-refractivity contribution in [3.05, 3.63) is 42.5 Å². The van der Waals surface area contributed by atoms with Crippen molar-refractivity contribution in [1.82, 2.24) is 4.90 Å². The van der Waals surface area contributed by atoms with Crippen molar-refractivity contribution < 1.29 is 25.0 Å². The normalized spacial score (nSPS) is 24.5. The molecule has 3 atom stereocenters. The van der Waals surface area contributed by atoms with Crippen LogP contribution in [-0.4, -0.2) is 55.1 Å². The number of phenolic OH excluding ortho intramolecular Hbond substituents is 1. The highest BCUT2D eigenvalue weighted by molar-refractivity contribution is 5.64. The van der Waals surface area contributed by atoms with Crippen LogP contribution in [0.1, 0.15) is 25.7 Å². The highest BCUT2D eigenvalue weighted by Crippen LogP contribution is 2.39. The maximum absolute atomic E-state index is 10.4. The van der Waals surface area contributed by atoms with Crippen LogP contribution in [0.3, 0.4) is 0 Å². The number of aliphatic hydroxyl groups excluding tert-OH is 1. The van der Waals surface area contributed by atoms with E-state index in [2.05, 4.69) is 11.9 Å². The lowest BCUT2D eigenvalue weighted by Gasteiger charge is -2.33. The topological polar surface area (TPSA) is 173 Å². The van der Waals surface area contributed by atoms with Crippen molar-refractivity contribution in [2.24, 2.45) is 0 Å². The van der Waals surface area contributed by atoms with Gasteiger partial charge < -0.3 is 15.1 Å². The maximum atomic E-state index is 10.4. The molecule has 0 spiro atoms. The molecule has 2 N–H and O–H groups in total. The minimum absolute atomic E-state index is 0.00583. The molecule has 2 saturated heterocycles. The smallest absolute Gasteiger partial charge is 0.324 e. The molecule has 12 heteroatoms. The average Bonchev–Trinajstić information content (AvgIpc) is 2.77. The van der Waals surface area contributed by atoms with E-state index in [0.29, 0.717) is 24.2 Å². The SMILES string of the molecule is CN1[C@@H]2CC[C@H]1CC(O)C2.O=[N+]([O-])c1cc([N+](=O)[O-])c(O)c([N+](=O)[O-])c1. The lowest BCUT2D eigenvalue weighted by atomic mass is 10.0. The highest BCUT2D eigenvalue weighted by atomic mass is 16.6. The van der Waals surface area contributed by atoms with E-state index < -0.39 is 37.6 Å². The number of hydrogen-bond acceptors (Lipinski definition) is 9. The number of hydrogen-bond donors (Lipinski definition) is 2. The second kappa shape index (κ2) is 7.58. The molecule has 0 aromatic heterocycles. The van der Waals surface area contributed by atoms with Crippen molar-refractivity contribution in [2.45, 2.75) is 43.9 Å². The molecule has 2 fully saturated rings. The van der Waals surface area contributed by atoms with E-state index in [-0.39, 0.29) is 6.10 Å². The Morgan fingerprint density at radius 1 is 0.962 bits per heavy atom. The molecule has 26 heavy (non-hydrogen) atoms. The Hall–Kier alpha value is -2.86. The third-order valence-electron chi connectivity index (χ3n) is 4.73. The van der Waals surface area contributed by atoms with Gasteiger partial charge in [0.25, 0.3) is 11.4 Å². The van der Waals surface area contributed by atoms with Gasteiger partial charge in [0, 0.05) is 12.1 Å². The van der Waals surface area contributed by atoms with Crippen molar-refractivity contribution in [3.8, 4) is 5.75 Å². The van der Waals surface area contributed by atoms with Crippen LogP contribution in [0.25, 0.3) is 0 Å². The van der Waals surface area contributed by atoms with Crippen LogP contribution in [0.5, 0.6) is 5.75 Å². The van der Waals surface area contributed by atoms with E-state index in [4.69, 9.17) is 5.11 Å². The summed E-state index contributed by atoms with van der Waals surface area (Å²) in [6, 6.07) is 2.27. The molecule has 12 nitrogen and oxygen atoms in total. The Morgan fingerprint density at radius 2 is 1.38 bits per heavy atom. The fourth-order valence-electron chi connectivity index (χ4n) is 3.36. The second-order valence-corrected chi connectivity index (χ2v) is 6.28. The van der Waals surface area contributed by atoms with Gasteiger partial charge in [-0.3, -0.25) is 30.3 Å². The van der Waals surface area contributed by atoms with Gasteiger partial charge in [0.2, 0.25) is 0 Å². The molecule has 1 aromatic carbocycles. The first-order valence-corrected chi connectivity index (χ1v) is 7.82. The zero-order valence-corrected chi connectivity index (χ0v) is 13.8. The van der Waals surface area contributed by atoms with E-state index in [9.17, 15) is 35.4 Å². The summed E-state index contributed by atoms with van der Waals surface area (Å²) >= 11 is 0. The van der Waals surface area contributed by atoms with Crippen LogP contribution in [0, 0.1) is 30.3 Å². The van der Waals surface area contributed by atoms with E-state index in [1.54, 1.807) is 0 Å². The number of nitro benzene ring substituents is 3. The fourth-order valence-corrected chi connectivity index (χ4v) is 3.36. The quantitative estimate of drug-likeness (QED) is 0.593. The zero-order chi connectivity index (χ0) is 19.6. The molecule has 0 radical (unpaired) electrons. The van der Waals surface area contributed by atoms with Crippen LogP contribution < -0.4 is 0 Å². The van der Waals surface area contributed by atoms with Gasteiger partial charge in [0.05, 0.1) is 33.0 Å². The third kappa shape index (κ3) is 4.03. The number of non-ortho nitro benzene ring substituents is 1. The minimum Gasteiger partial charge on any atom is -0.497 e. The third-order valence-corrected chi connectivity index (χ3v) is 4.73. The van der Waals surface area contributed by atoms with Gasteiger partial charge in [0.1, 0.15) is 0 Å². The van der Waals surface area contributed by atoms with Crippen LogP contribution in [0.2, 0.25) is 0 Å². The van der Waals surface area contributed by atoms with E-state index in [1.165, 1.54) is 12.8 Å². The zero-order valence-electron chi connectivity index (χ0n) is 13.8. The average molecular weight is 370 g/mol. The Kier molecular flexibility index (Phi) is 5.67. The fraction of sp³-hybridized carbons (Fsp3) is 0.571. The largest absolute Gasteiger partial charge is 0.497 e. The first kappa shape index (κ1) is 19.5. The lowest BCUT2D eigenvalue weighted by Crippen LogP contribution is -2.41. The van der Waals surface area contributed by atoms with Gasteiger partial charge in [-0.05, 0) is 32.7 Å². The Labute approximate surface area is 147 Å². The Balaban J connectivity index is 0.000000206. The van der Waals surface area contributed by atoms with E-state index in [0.717, 1.165) is 12.8 Å². The van der Waals surface area contributed by atoms with Crippen molar-refractivity contribution in [3.63, 3.8) is 0 Å². The summed E-state index contributed by atoms with van der Waals surface area (Å²) in [5.74, 6) is -1.21. The maximum Gasteiger partial charge on any atom is 0.324 e.